The summed E-state index contributed by atoms with van der Waals surface area (Å²) in [5.41, 5.74) is -1.74. The quantitative estimate of drug-likeness (QED) is 0.183. The number of rotatable bonds is 7. The van der Waals surface area contributed by atoms with E-state index in [2.05, 4.69) is 0 Å². The van der Waals surface area contributed by atoms with Crippen molar-refractivity contribution in [2.24, 2.45) is 5.41 Å². The van der Waals surface area contributed by atoms with E-state index >= 15 is 0 Å². The average molecular weight is 533 g/mol. The molecule has 3 aliphatic rings. The Morgan fingerprint density at radius 1 is 1.05 bits per heavy atom. The molecule has 0 aromatic heterocycles. The number of aliphatic hydroxyl groups is 7. The van der Waals surface area contributed by atoms with Crippen molar-refractivity contribution in [2.75, 3.05) is 6.61 Å². The molecular weight excluding hydrogens is 492 g/mol. The van der Waals surface area contributed by atoms with Gasteiger partial charge in [-0.25, -0.2) is 0 Å². The molecule has 2 saturated heterocycles. The third-order valence-corrected chi connectivity index (χ3v) is 7.51. The van der Waals surface area contributed by atoms with E-state index in [1.807, 2.05) is 0 Å². The molecule has 2 heterocycles. The molecule has 0 spiro atoms. The van der Waals surface area contributed by atoms with Crippen LogP contribution in [0.15, 0.2) is 23.8 Å². The zero-order chi connectivity index (χ0) is 27.9. The first-order chi connectivity index (χ1) is 17.1. The second-order valence-corrected chi connectivity index (χ2v) is 10.8. The third kappa shape index (κ3) is 5.99. The van der Waals surface area contributed by atoms with Crippen LogP contribution in [0.1, 0.15) is 41.0 Å². The molecule has 0 radical (unpaired) electrons. The standard InChI is InChI=1S/C25H40O12/c1-11-8-14(27)9-24(4,5)25(11,33)7-6-12(2)34-23-21(19(31)17(29)15(10-26)36-23)37-22-20(32)18(30)16(28)13(3)35-22/h6-8,12-13,15-23,26,28-33H,9-10H2,1-5H3. The second kappa shape index (κ2) is 11.4. The maximum absolute atomic E-state index is 12.0. The molecule has 0 bridgehead atoms. The Labute approximate surface area is 215 Å². The van der Waals surface area contributed by atoms with E-state index in [1.54, 1.807) is 33.8 Å². The first kappa shape index (κ1) is 30.3. The molecule has 1 aliphatic carbocycles. The van der Waals surface area contributed by atoms with Gasteiger partial charge in [-0.3, -0.25) is 4.79 Å². The Hall–Kier alpha value is -1.29. The molecule has 0 saturated carbocycles. The summed E-state index contributed by atoms with van der Waals surface area (Å²) < 4.78 is 22.7. The molecular formula is C25H40O12. The molecule has 12 heteroatoms. The van der Waals surface area contributed by atoms with Crippen molar-refractivity contribution < 1.29 is 59.5 Å². The number of carbonyl (C=O) groups is 1. The summed E-state index contributed by atoms with van der Waals surface area (Å²) in [4.78, 5) is 12.0. The minimum absolute atomic E-state index is 0.0814. The number of hydrogen-bond donors (Lipinski definition) is 7. The molecule has 0 aromatic carbocycles. The lowest BCUT2D eigenvalue weighted by atomic mass is 9.64. The summed E-state index contributed by atoms with van der Waals surface area (Å²) in [6.07, 6.45) is -10.4. The molecule has 212 valence electrons. The highest BCUT2D eigenvalue weighted by Crippen LogP contribution is 2.44. The van der Waals surface area contributed by atoms with Crippen LogP contribution in [0.2, 0.25) is 0 Å². The zero-order valence-electron chi connectivity index (χ0n) is 21.7. The number of aliphatic hydroxyl groups excluding tert-OH is 6. The van der Waals surface area contributed by atoms with Crippen LogP contribution < -0.4 is 0 Å². The minimum Gasteiger partial charge on any atom is -0.394 e. The van der Waals surface area contributed by atoms with E-state index < -0.39 is 85.1 Å². The summed E-state index contributed by atoms with van der Waals surface area (Å²) in [5.74, 6) is -0.0814. The molecule has 2 fully saturated rings. The molecule has 12 atom stereocenters. The van der Waals surface area contributed by atoms with Crippen molar-refractivity contribution in [1.29, 1.82) is 0 Å². The van der Waals surface area contributed by atoms with E-state index in [4.69, 9.17) is 18.9 Å². The summed E-state index contributed by atoms with van der Waals surface area (Å²) in [7, 11) is 0. The largest absolute Gasteiger partial charge is 0.394 e. The van der Waals surface area contributed by atoms with E-state index in [0.717, 1.165) is 0 Å². The van der Waals surface area contributed by atoms with Crippen LogP contribution in [-0.4, -0.2) is 121 Å². The van der Waals surface area contributed by atoms with Gasteiger partial charge in [-0.2, -0.15) is 0 Å². The van der Waals surface area contributed by atoms with Crippen LogP contribution in [0.4, 0.5) is 0 Å². The average Bonchev–Trinajstić information content (AvgIpc) is 2.82. The Kier molecular flexibility index (Phi) is 9.36. The molecule has 7 N–H and O–H groups in total. The van der Waals surface area contributed by atoms with E-state index in [-0.39, 0.29) is 12.2 Å². The van der Waals surface area contributed by atoms with E-state index in [1.165, 1.54) is 19.1 Å². The lowest BCUT2D eigenvalue weighted by Crippen LogP contribution is -2.64. The molecule has 0 amide bonds. The summed E-state index contributed by atoms with van der Waals surface area (Å²) in [5, 5.41) is 72.4. The lowest BCUT2D eigenvalue weighted by Gasteiger charge is -2.46. The monoisotopic (exact) mass is 532 g/mol. The van der Waals surface area contributed by atoms with Gasteiger partial charge in [-0.05, 0) is 38.5 Å². The second-order valence-electron chi connectivity index (χ2n) is 10.8. The van der Waals surface area contributed by atoms with Gasteiger partial charge >= 0.3 is 0 Å². The van der Waals surface area contributed by atoms with Gasteiger partial charge in [0.2, 0.25) is 0 Å². The van der Waals surface area contributed by atoms with Gasteiger partial charge in [-0.1, -0.05) is 19.9 Å². The van der Waals surface area contributed by atoms with E-state index in [9.17, 15) is 40.5 Å². The highest BCUT2D eigenvalue weighted by atomic mass is 16.8. The smallest absolute Gasteiger partial charge is 0.187 e. The number of ketones is 1. The van der Waals surface area contributed by atoms with Crippen LogP contribution in [0.25, 0.3) is 0 Å². The van der Waals surface area contributed by atoms with Crippen LogP contribution in [0.5, 0.6) is 0 Å². The lowest BCUT2D eigenvalue weighted by molar-refractivity contribution is -0.367. The van der Waals surface area contributed by atoms with Crippen LogP contribution >= 0.6 is 0 Å². The van der Waals surface area contributed by atoms with Gasteiger partial charge in [0.1, 0.15) is 48.3 Å². The third-order valence-electron chi connectivity index (χ3n) is 7.51. The molecule has 3 rings (SSSR count). The van der Waals surface area contributed by atoms with Crippen LogP contribution in [0.3, 0.4) is 0 Å². The first-order valence-corrected chi connectivity index (χ1v) is 12.4. The van der Waals surface area contributed by atoms with Crippen LogP contribution in [0, 0.1) is 5.41 Å². The van der Waals surface area contributed by atoms with Crippen molar-refractivity contribution in [2.45, 2.75) is 114 Å². The topological polar surface area (TPSA) is 196 Å². The highest BCUT2D eigenvalue weighted by molar-refractivity contribution is 5.92. The number of carbonyl (C=O) groups excluding carboxylic acids is 1. The van der Waals surface area contributed by atoms with Gasteiger partial charge in [0.05, 0.1) is 18.8 Å². The highest BCUT2D eigenvalue weighted by Gasteiger charge is 2.51. The summed E-state index contributed by atoms with van der Waals surface area (Å²) in [6, 6.07) is 0. The fourth-order valence-electron chi connectivity index (χ4n) is 4.99. The maximum Gasteiger partial charge on any atom is 0.187 e. The minimum atomic E-state index is -1.68. The molecule has 37 heavy (non-hydrogen) atoms. The fourth-order valence-corrected chi connectivity index (χ4v) is 4.99. The zero-order valence-corrected chi connectivity index (χ0v) is 21.7. The van der Waals surface area contributed by atoms with Crippen LogP contribution in [-0.2, 0) is 23.7 Å². The van der Waals surface area contributed by atoms with Gasteiger partial charge in [-0.15, -0.1) is 0 Å². The molecule has 2 aliphatic heterocycles. The molecule has 12 nitrogen and oxygen atoms in total. The van der Waals surface area contributed by atoms with Crippen molar-refractivity contribution in [3.8, 4) is 0 Å². The number of ether oxygens (including phenoxy) is 4. The Morgan fingerprint density at radius 2 is 1.70 bits per heavy atom. The van der Waals surface area contributed by atoms with Gasteiger partial charge in [0.15, 0.2) is 18.4 Å². The summed E-state index contributed by atoms with van der Waals surface area (Å²) >= 11 is 0. The van der Waals surface area contributed by atoms with Gasteiger partial charge in [0.25, 0.3) is 0 Å². The molecule has 0 aromatic rings. The van der Waals surface area contributed by atoms with Gasteiger partial charge < -0.3 is 54.7 Å². The van der Waals surface area contributed by atoms with Crippen molar-refractivity contribution in [3.05, 3.63) is 23.8 Å². The Bertz CT molecular complexity index is 874. The normalized spacial score (nSPS) is 45.6. The SMILES string of the molecule is CC1=CC(=O)CC(C)(C)C1(O)C=CC(C)OC1OC(CO)C(O)C(O)C1OC1OC(C)C(O)C(O)C1O. The van der Waals surface area contributed by atoms with Crippen molar-refractivity contribution >= 4 is 5.78 Å². The number of allylic oxidation sites excluding steroid dienone is 1. The Balaban J connectivity index is 1.80. The van der Waals surface area contributed by atoms with Crippen molar-refractivity contribution in [1.82, 2.24) is 0 Å². The summed E-state index contributed by atoms with van der Waals surface area (Å²) in [6.45, 7) is 7.66. The first-order valence-electron chi connectivity index (χ1n) is 12.4. The number of hydrogen-bond acceptors (Lipinski definition) is 12. The maximum atomic E-state index is 12.0. The van der Waals surface area contributed by atoms with Gasteiger partial charge in [0, 0.05) is 11.8 Å². The van der Waals surface area contributed by atoms with Crippen molar-refractivity contribution in [3.63, 3.8) is 0 Å². The predicted octanol–water partition coefficient (Wildman–Crippen LogP) is -1.72. The fraction of sp³-hybridized carbons (Fsp3) is 0.800. The van der Waals surface area contributed by atoms with E-state index in [0.29, 0.717) is 5.57 Å². The predicted molar refractivity (Wildman–Crippen MR) is 127 cm³/mol. The molecule has 12 unspecified atom stereocenters. The Morgan fingerprint density at radius 3 is 2.30 bits per heavy atom.